The Hall–Kier alpha value is -3.33. The molecule has 2 atom stereocenters. The molecule has 0 radical (unpaired) electrons. The number of urea groups is 1. The van der Waals surface area contributed by atoms with Crippen LogP contribution >= 0.6 is 11.8 Å². The maximum atomic E-state index is 12.9. The highest BCUT2D eigenvalue weighted by Crippen LogP contribution is 2.36. The minimum absolute atomic E-state index is 0.164. The second-order valence-corrected chi connectivity index (χ2v) is 8.96. The number of anilines is 1. The molecule has 0 saturated carbocycles. The van der Waals surface area contributed by atoms with Crippen molar-refractivity contribution < 1.29 is 19.2 Å². The third-order valence-electron chi connectivity index (χ3n) is 5.33. The molecular weight excluding hydrogens is 416 g/mol. The molecule has 2 heterocycles. The van der Waals surface area contributed by atoms with Gasteiger partial charge in [-0.1, -0.05) is 42.5 Å². The standard InChI is InChI=1S/C22H22N4O4S/c1-22(12-11-14-7-3-2-4-8-14)20(29)26(21(30)24-22)25-18(27)13-17-19(28)23-15-9-5-6-10-16(15)31-17/h2-10,17H,11-13H2,1H3,(H,23,28)(H,24,30)(H,25,27)/t17-,22-/m1/s1. The van der Waals surface area contributed by atoms with E-state index in [9.17, 15) is 19.2 Å². The highest BCUT2D eigenvalue weighted by molar-refractivity contribution is 8.01. The first-order valence-electron chi connectivity index (χ1n) is 9.92. The van der Waals surface area contributed by atoms with Gasteiger partial charge in [0.15, 0.2) is 0 Å². The minimum atomic E-state index is -1.11. The van der Waals surface area contributed by atoms with Crippen molar-refractivity contribution in [1.29, 1.82) is 0 Å². The van der Waals surface area contributed by atoms with Crippen LogP contribution in [0.15, 0.2) is 59.5 Å². The van der Waals surface area contributed by atoms with E-state index in [1.165, 1.54) is 11.8 Å². The summed E-state index contributed by atoms with van der Waals surface area (Å²) in [5, 5.41) is 5.50. The molecule has 31 heavy (non-hydrogen) atoms. The first kappa shape index (κ1) is 20.9. The number of hydrazine groups is 1. The zero-order valence-corrected chi connectivity index (χ0v) is 17.7. The van der Waals surface area contributed by atoms with Crippen LogP contribution in [0.4, 0.5) is 10.5 Å². The maximum Gasteiger partial charge on any atom is 0.344 e. The summed E-state index contributed by atoms with van der Waals surface area (Å²) < 4.78 is 0. The number of carbonyl (C=O) groups is 4. The second-order valence-electron chi connectivity index (χ2n) is 7.72. The van der Waals surface area contributed by atoms with E-state index in [1.54, 1.807) is 13.0 Å². The lowest BCUT2D eigenvalue weighted by Crippen LogP contribution is -2.49. The molecule has 1 fully saturated rings. The summed E-state index contributed by atoms with van der Waals surface area (Å²) in [5.41, 5.74) is 3.00. The van der Waals surface area contributed by atoms with Crippen molar-refractivity contribution in [3.8, 4) is 0 Å². The van der Waals surface area contributed by atoms with E-state index in [0.29, 0.717) is 23.5 Å². The number of fused-ring (bicyclic) bond motifs is 1. The number of nitrogens with zero attached hydrogens (tertiary/aromatic N) is 1. The molecule has 2 aromatic rings. The van der Waals surface area contributed by atoms with Crippen molar-refractivity contribution in [2.45, 2.75) is 41.9 Å². The second kappa shape index (κ2) is 8.43. The minimum Gasteiger partial charge on any atom is -0.324 e. The number of hydrogen-bond acceptors (Lipinski definition) is 5. The predicted octanol–water partition coefficient (Wildman–Crippen LogP) is 2.46. The van der Waals surface area contributed by atoms with Gasteiger partial charge in [-0.3, -0.25) is 19.8 Å². The van der Waals surface area contributed by atoms with Crippen molar-refractivity contribution in [2.75, 3.05) is 5.32 Å². The Morgan fingerprint density at radius 3 is 2.58 bits per heavy atom. The SMILES string of the molecule is C[C@]1(CCc2ccccc2)NC(=O)N(NC(=O)C[C@H]2Sc3ccccc3NC2=O)C1=O. The molecule has 3 N–H and O–H groups in total. The first-order chi connectivity index (χ1) is 14.9. The Bertz CT molecular complexity index is 1040. The van der Waals surface area contributed by atoms with Crippen LogP contribution in [0, 0.1) is 0 Å². The molecule has 2 aromatic carbocycles. The summed E-state index contributed by atoms with van der Waals surface area (Å²) in [6, 6.07) is 16.3. The van der Waals surface area contributed by atoms with Crippen LogP contribution in [-0.4, -0.2) is 39.6 Å². The molecule has 0 unspecified atom stereocenters. The number of imide groups is 1. The molecule has 5 amide bonds. The zero-order chi connectivity index (χ0) is 22.0. The molecule has 2 aliphatic rings. The van der Waals surface area contributed by atoms with E-state index in [2.05, 4.69) is 16.1 Å². The molecule has 0 aliphatic carbocycles. The van der Waals surface area contributed by atoms with Crippen molar-refractivity contribution in [2.24, 2.45) is 0 Å². The van der Waals surface area contributed by atoms with Gasteiger partial charge in [0.2, 0.25) is 11.8 Å². The van der Waals surface area contributed by atoms with Crippen molar-refractivity contribution in [1.82, 2.24) is 15.8 Å². The molecule has 4 rings (SSSR count). The summed E-state index contributed by atoms with van der Waals surface area (Å²) in [6.07, 6.45) is 0.831. The molecule has 2 aliphatic heterocycles. The quantitative estimate of drug-likeness (QED) is 0.601. The fourth-order valence-electron chi connectivity index (χ4n) is 3.56. The molecule has 0 aromatic heterocycles. The first-order valence-corrected chi connectivity index (χ1v) is 10.8. The molecule has 9 heteroatoms. The van der Waals surface area contributed by atoms with Gasteiger partial charge in [-0.05, 0) is 37.5 Å². The highest BCUT2D eigenvalue weighted by atomic mass is 32.2. The molecule has 160 valence electrons. The molecular formula is C22H22N4O4S. The fraction of sp³-hybridized carbons (Fsp3) is 0.273. The average Bonchev–Trinajstić information content (AvgIpc) is 2.97. The van der Waals surface area contributed by atoms with E-state index in [4.69, 9.17) is 0 Å². The third-order valence-corrected chi connectivity index (χ3v) is 6.61. The van der Waals surface area contributed by atoms with Crippen LogP contribution in [0.5, 0.6) is 0 Å². The van der Waals surface area contributed by atoms with Gasteiger partial charge in [-0.15, -0.1) is 11.8 Å². The van der Waals surface area contributed by atoms with Crippen LogP contribution in [-0.2, 0) is 20.8 Å². The number of thioether (sulfide) groups is 1. The normalized spacial score (nSPS) is 22.5. The van der Waals surface area contributed by atoms with Crippen LogP contribution in [0.25, 0.3) is 0 Å². The number of benzene rings is 2. The number of aryl methyl sites for hydroxylation is 1. The van der Waals surface area contributed by atoms with Gasteiger partial charge >= 0.3 is 6.03 Å². The van der Waals surface area contributed by atoms with Crippen LogP contribution in [0.2, 0.25) is 0 Å². The summed E-state index contributed by atoms with van der Waals surface area (Å²) >= 11 is 1.28. The summed E-state index contributed by atoms with van der Waals surface area (Å²) in [7, 11) is 0. The van der Waals surface area contributed by atoms with E-state index < -0.39 is 28.6 Å². The molecule has 0 spiro atoms. The van der Waals surface area contributed by atoms with E-state index in [1.807, 2.05) is 48.5 Å². The van der Waals surface area contributed by atoms with Gasteiger partial charge in [-0.2, -0.15) is 5.01 Å². The Kier molecular flexibility index (Phi) is 5.69. The smallest absolute Gasteiger partial charge is 0.324 e. The van der Waals surface area contributed by atoms with Crippen LogP contribution in [0.1, 0.15) is 25.3 Å². The van der Waals surface area contributed by atoms with Crippen molar-refractivity contribution in [3.05, 3.63) is 60.2 Å². The van der Waals surface area contributed by atoms with E-state index >= 15 is 0 Å². The summed E-state index contributed by atoms with van der Waals surface area (Å²) in [5.74, 6) is -1.39. The van der Waals surface area contributed by atoms with Crippen LogP contribution < -0.4 is 16.1 Å². The number of nitrogens with one attached hydrogen (secondary N) is 3. The molecule has 0 bridgehead atoms. The monoisotopic (exact) mass is 438 g/mol. The molecule has 8 nitrogen and oxygen atoms in total. The van der Waals surface area contributed by atoms with Gasteiger partial charge in [0, 0.05) is 11.3 Å². The lowest BCUT2D eigenvalue weighted by molar-refractivity contribution is -0.139. The van der Waals surface area contributed by atoms with Gasteiger partial charge in [0.25, 0.3) is 5.91 Å². The maximum absolute atomic E-state index is 12.9. The Labute approximate surface area is 183 Å². The zero-order valence-electron chi connectivity index (χ0n) is 16.9. The lowest BCUT2D eigenvalue weighted by Gasteiger charge is -2.24. The van der Waals surface area contributed by atoms with E-state index in [-0.39, 0.29) is 12.3 Å². The van der Waals surface area contributed by atoms with Gasteiger partial charge in [0.05, 0.1) is 10.9 Å². The Balaban J connectivity index is 1.36. The largest absolute Gasteiger partial charge is 0.344 e. The summed E-state index contributed by atoms with van der Waals surface area (Å²) in [6.45, 7) is 1.64. The van der Waals surface area contributed by atoms with Gasteiger partial charge < -0.3 is 10.6 Å². The van der Waals surface area contributed by atoms with Gasteiger partial charge in [-0.25, -0.2) is 4.79 Å². The Morgan fingerprint density at radius 2 is 1.81 bits per heavy atom. The van der Waals surface area contributed by atoms with Crippen molar-refractivity contribution in [3.63, 3.8) is 0 Å². The fourth-order valence-corrected chi connectivity index (χ4v) is 4.67. The van der Waals surface area contributed by atoms with Crippen LogP contribution in [0.3, 0.4) is 0 Å². The number of amides is 5. The number of hydrogen-bond donors (Lipinski definition) is 3. The molecule has 1 saturated heterocycles. The summed E-state index contributed by atoms with van der Waals surface area (Å²) in [4.78, 5) is 50.9. The average molecular weight is 439 g/mol. The van der Waals surface area contributed by atoms with Crippen molar-refractivity contribution >= 4 is 41.2 Å². The topological polar surface area (TPSA) is 108 Å². The highest BCUT2D eigenvalue weighted by Gasteiger charge is 2.48. The van der Waals surface area contributed by atoms with Gasteiger partial charge in [0.1, 0.15) is 5.54 Å². The Morgan fingerprint density at radius 1 is 1.10 bits per heavy atom. The predicted molar refractivity (Wildman–Crippen MR) is 116 cm³/mol. The van der Waals surface area contributed by atoms with E-state index in [0.717, 1.165) is 10.5 Å². The third kappa shape index (κ3) is 4.41. The number of rotatable bonds is 6. The lowest BCUT2D eigenvalue weighted by atomic mass is 9.93. The number of para-hydroxylation sites is 1. The number of carbonyl (C=O) groups excluding carboxylic acids is 4.